The van der Waals surface area contributed by atoms with Gasteiger partial charge in [-0.05, 0) is 38.5 Å². The van der Waals surface area contributed by atoms with Crippen LogP contribution >= 0.6 is 0 Å². The van der Waals surface area contributed by atoms with E-state index in [0.29, 0.717) is 0 Å². The molecular formula is C12H23N. The second kappa shape index (κ2) is 4.45. The van der Waals surface area contributed by atoms with E-state index in [0.717, 1.165) is 18.0 Å². The highest BCUT2D eigenvalue weighted by Crippen LogP contribution is 2.30. The third kappa shape index (κ3) is 2.46. The fourth-order valence-corrected chi connectivity index (χ4v) is 3.08. The van der Waals surface area contributed by atoms with Gasteiger partial charge < -0.3 is 5.32 Å². The maximum atomic E-state index is 3.79. The minimum atomic E-state index is 0.778. The highest BCUT2D eigenvalue weighted by Gasteiger charge is 2.26. The van der Waals surface area contributed by atoms with Gasteiger partial charge in [0.05, 0.1) is 0 Å². The molecule has 1 aliphatic carbocycles. The maximum Gasteiger partial charge on any atom is 0.00978 e. The first-order valence-corrected chi connectivity index (χ1v) is 6.12. The van der Waals surface area contributed by atoms with E-state index < -0.39 is 0 Å². The van der Waals surface area contributed by atoms with Crippen molar-refractivity contribution in [3.05, 3.63) is 0 Å². The van der Waals surface area contributed by atoms with E-state index in [-0.39, 0.29) is 0 Å². The molecule has 0 radical (unpaired) electrons. The predicted octanol–water partition coefficient (Wildman–Crippen LogP) is 3.10. The molecule has 2 atom stereocenters. The molecule has 1 N–H and O–H groups in total. The van der Waals surface area contributed by atoms with Crippen LogP contribution in [0.25, 0.3) is 0 Å². The summed E-state index contributed by atoms with van der Waals surface area (Å²) in [4.78, 5) is 0. The third-order valence-electron chi connectivity index (χ3n) is 3.87. The molecule has 0 bridgehead atoms. The van der Waals surface area contributed by atoms with Gasteiger partial charge in [-0.25, -0.2) is 0 Å². The van der Waals surface area contributed by atoms with Crippen LogP contribution in [-0.2, 0) is 0 Å². The first-order chi connectivity index (χ1) is 6.36. The number of rotatable bonds is 1. The fourth-order valence-electron chi connectivity index (χ4n) is 3.08. The smallest absolute Gasteiger partial charge is 0.00978 e. The molecule has 0 aromatic carbocycles. The van der Waals surface area contributed by atoms with Gasteiger partial charge in [-0.15, -0.1) is 0 Å². The normalized spacial score (nSPS) is 37.6. The number of hydrogen-bond acceptors (Lipinski definition) is 1. The third-order valence-corrected chi connectivity index (χ3v) is 3.87. The Morgan fingerprint density at radius 3 is 2.31 bits per heavy atom. The first-order valence-electron chi connectivity index (χ1n) is 6.12. The van der Waals surface area contributed by atoms with Crippen molar-refractivity contribution >= 4 is 0 Å². The first kappa shape index (κ1) is 9.51. The van der Waals surface area contributed by atoms with E-state index in [1.165, 1.54) is 51.4 Å². The predicted molar refractivity (Wildman–Crippen MR) is 56.8 cm³/mol. The molecule has 1 aliphatic heterocycles. The summed E-state index contributed by atoms with van der Waals surface area (Å²) in [6.45, 7) is 2.34. The standard InChI is InChI=1S/C12H23N/c1-10-6-5-9-12(13-10)11-7-3-2-4-8-11/h10-13H,2-9H2,1H3. The van der Waals surface area contributed by atoms with Gasteiger partial charge in [-0.3, -0.25) is 0 Å². The average molecular weight is 181 g/mol. The maximum absolute atomic E-state index is 3.79. The quantitative estimate of drug-likeness (QED) is 0.655. The van der Waals surface area contributed by atoms with Crippen molar-refractivity contribution in [2.24, 2.45) is 5.92 Å². The van der Waals surface area contributed by atoms with Gasteiger partial charge in [-0.2, -0.15) is 0 Å². The summed E-state index contributed by atoms with van der Waals surface area (Å²) in [6, 6.07) is 1.64. The zero-order valence-electron chi connectivity index (χ0n) is 8.89. The van der Waals surface area contributed by atoms with Crippen LogP contribution in [0.15, 0.2) is 0 Å². The van der Waals surface area contributed by atoms with Gasteiger partial charge in [0.2, 0.25) is 0 Å². The van der Waals surface area contributed by atoms with Gasteiger partial charge in [-0.1, -0.05) is 25.7 Å². The number of piperidine rings is 1. The molecule has 2 fully saturated rings. The van der Waals surface area contributed by atoms with E-state index in [1.54, 1.807) is 0 Å². The Balaban J connectivity index is 1.83. The molecule has 0 spiro atoms. The molecule has 2 aliphatic rings. The Bertz CT molecular complexity index is 149. The minimum Gasteiger partial charge on any atom is -0.311 e. The molecule has 76 valence electrons. The Morgan fingerprint density at radius 1 is 0.846 bits per heavy atom. The van der Waals surface area contributed by atoms with Crippen LogP contribution in [0, 0.1) is 5.92 Å². The molecule has 2 unspecified atom stereocenters. The minimum absolute atomic E-state index is 0.778. The zero-order chi connectivity index (χ0) is 9.10. The summed E-state index contributed by atoms with van der Waals surface area (Å²) in [5.41, 5.74) is 0. The molecule has 0 aromatic heterocycles. The van der Waals surface area contributed by atoms with E-state index in [9.17, 15) is 0 Å². The zero-order valence-corrected chi connectivity index (χ0v) is 8.89. The summed E-state index contributed by atoms with van der Waals surface area (Å²) in [5.74, 6) is 1.01. The summed E-state index contributed by atoms with van der Waals surface area (Å²) in [7, 11) is 0. The van der Waals surface area contributed by atoms with Gasteiger partial charge in [0.25, 0.3) is 0 Å². The van der Waals surface area contributed by atoms with Crippen molar-refractivity contribution < 1.29 is 0 Å². The molecule has 1 heterocycles. The number of hydrogen-bond donors (Lipinski definition) is 1. The summed E-state index contributed by atoms with van der Waals surface area (Å²) < 4.78 is 0. The largest absolute Gasteiger partial charge is 0.311 e. The lowest BCUT2D eigenvalue weighted by Gasteiger charge is -2.36. The molecule has 0 amide bonds. The Kier molecular flexibility index (Phi) is 3.26. The van der Waals surface area contributed by atoms with Gasteiger partial charge >= 0.3 is 0 Å². The Labute approximate surface area is 82.3 Å². The Morgan fingerprint density at radius 2 is 1.62 bits per heavy atom. The van der Waals surface area contributed by atoms with Crippen LogP contribution in [0.5, 0.6) is 0 Å². The number of nitrogens with one attached hydrogen (secondary N) is 1. The van der Waals surface area contributed by atoms with Crippen molar-refractivity contribution in [1.82, 2.24) is 5.32 Å². The summed E-state index contributed by atoms with van der Waals surface area (Å²) in [6.07, 6.45) is 11.7. The molecule has 1 saturated heterocycles. The van der Waals surface area contributed by atoms with Crippen LogP contribution in [0.3, 0.4) is 0 Å². The van der Waals surface area contributed by atoms with Crippen LogP contribution < -0.4 is 5.32 Å². The van der Waals surface area contributed by atoms with Crippen molar-refractivity contribution in [3.8, 4) is 0 Å². The van der Waals surface area contributed by atoms with Crippen molar-refractivity contribution in [3.63, 3.8) is 0 Å². The molecule has 0 aromatic rings. The highest BCUT2D eigenvalue weighted by atomic mass is 15.0. The second-order valence-corrected chi connectivity index (χ2v) is 5.00. The average Bonchev–Trinajstić information content (AvgIpc) is 2.19. The molecule has 2 rings (SSSR count). The van der Waals surface area contributed by atoms with Crippen molar-refractivity contribution in [1.29, 1.82) is 0 Å². The van der Waals surface area contributed by atoms with Crippen LogP contribution in [0.4, 0.5) is 0 Å². The van der Waals surface area contributed by atoms with Crippen molar-refractivity contribution in [2.75, 3.05) is 0 Å². The SMILES string of the molecule is CC1CCCC(C2CCCCC2)N1. The second-order valence-electron chi connectivity index (χ2n) is 5.00. The van der Waals surface area contributed by atoms with Gasteiger partial charge in [0.1, 0.15) is 0 Å². The Hall–Kier alpha value is -0.0400. The van der Waals surface area contributed by atoms with Crippen LogP contribution in [-0.4, -0.2) is 12.1 Å². The van der Waals surface area contributed by atoms with E-state index in [1.807, 2.05) is 0 Å². The lowest BCUT2D eigenvalue weighted by molar-refractivity contribution is 0.210. The van der Waals surface area contributed by atoms with Crippen molar-refractivity contribution in [2.45, 2.75) is 70.4 Å². The summed E-state index contributed by atoms with van der Waals surface area (Å²) in [5, 5.41) is 3.79. The molecule has 1 nitrogen and oxygen atoms in total. The molecule has 1 heteroatoms. The van der Waals surface area contributed by atoms with Crippen LogP contribution in [0.2, 0.25) is 0 Å². The fraction of sp³-hybridized carbons (Fsp3) is 1.00. The lowest BCUT2D eigenvalue weighted by atomic mass is 9.80. The van der Waals surface area contributed by atoms with Gasteiger partial charge in [0.15, 0.2) is 0 Å². The van der Waals surface area contributed by atoms with E-state index in [2.05, 4.69) is 12.2 Å². The van der Waals surface area contributed by atoms with Crippen LogP contribution in [0.1, 0.15) is 58.3 Å². The molecule has 1 saturated carbocycles. The van der Waals surface area contributed by atoms with Gasteiger partial charge in [0, 0.05) is 12.1 Å². The van der Waals surface area contributed by atoms with E-state index in [4.69, 9.17) is 0 Å². The molecule has 13 heavy (non-hydrogen) atoms. The van der Waals surface area contributed by atoms with E-state index >= 15 is 0 Å². The highest BCUT2D eigenvalue weighted by molar-refractivity contribution is 4.84. The summed E-state index contributed by atoms with van der Waals surface area (Å²) >= 11 is 0. The monoisotopic (exact) mass is 181 g/mol. The topological polar surface area (TPSA) is 12.0 Å². The lowest BCUT2D eigenvalue weighted by Crippen LogP contribution is -2.45. The molecular weight excluding hydrogens is 158 g/mol.